The summed E-state index contributed by atoms with van der Waals surface area (Å²) in [6.07, 6.45) is 0.908. The van der Waals surface area contributed by atoms with Crippen molar-refractivity contribution in [1.82, 2.24) is 19.5 Å². The molecule has 0 atom stereocenters. The Hall–Kier alpha value is -1.23. The molecule has 5 heteroatoms. The third-order valence-corrected chi connectivity index (χ3v) is 1.59. The van der Waals surface area contributed by atoms with Crippen LogP contribution in [-0.4, -0.2) is 19.5 Å². The van der Waals surface area contributed by atoms with E-state index in [1.54, 1.807) is 6.07 Å². The highest BCUT2D eigenvalue weighted by molar-refractivity contribution is 9.10. The van der Waals surface area contributed by atoms with Crippen LogP contribution in [0.3, 0.4) is 0 Å². The van der Waals surface area contributed by atoms with Crippen molar-refractivity contribution in [2.75, 3.05) is 0 Å². The Morgan fingerprint density at radius 1 is 1.58 bits per heavy atom. The molecule has 0 aliphatic heterocycles. The fourth-order valence-electron chi connectivity index (χ4n) is 0.734. The van der Waals surface area contributed by atoms with Crippen molar-refractivity contribution in [1.29, 1.82) is 0 Å². The lowest BCUT2D eigenvalue weighted by atomic mass is 10.6. The molecular formula is C7H5BrN4. The topological polar surface area (TPSA) is 43.6 Å². The molecule has 2 aromatic heterocycles. The predicted molar refractivity (Wildman–Crippen MR) is 46.9 cm³/mol. The van der Waals surface area contributed by atoms with Crippen LogP contribution in [0.15, 0.2) is 35.6 Å². The van der Waals surface area contributed by atoms with Crippen molar-refractivity contribution in [2.24, 2.45) is 0 Å². The molecule has 12 heavy (non-hydrogen) atoms. The Morgan fingerprint density at radius 2 is 2.50 bits per heavy atom. The number of rotatable bonds is 1. The van der Waals surface area contributed by atoms with Crippen LogP contribution < -0.4 is 0 Å². The maximum atomic E-state index is 7.54. The lowest BCUT2D eigenvalue weighted by Crippen LogP contribution is -1.94. The summed E-state index contributed by atoms with van der Waals surface area (Å²) in [5, 5.41) is 0. The van der Waals surface area contributed by atoms with Gasteiger partial charge in [0.1, 0.15) is 13.5 Å². The molecule has 0 radical (unpaired) electrons. The van der Waals surface area contributed by atoms with E-state index in [0.29, 0.717) is 10.6 Å². The monoisotopic (exact) mass is 227 g/mol. The number of imidazole rings is 1. The fourth-order valence-corrected chi connectivity index (χ4v) is 1.03. The van der Waals surface area contributed by atoms with E-state index >= 15 is 0 Å². The zero-order valence-electron chi connectivity index (χ0n) is 8.82. The summed E-state index contributed by atoms with van der Waals surface area (Å²) in [4.78, 5) is 11.4. The maximum absolute atomic E-state index is 7.54. The molecule has 60 valence electrons. The Bertz CT molecular complexity index is 513. The van der Waals surface area contributed by atoms with Crippen LogP contribution in [-0.2, 0) is 0 Å². The number of aromatic nitrogens is 4. The molecule has 0 aromatic carbocycles. The highest BCUT2D eigenvalue weighted by Crippen LogP contribution is 2.06. The van der Waals surface area contributed by atoms with Crippen LogP contribution in [0.25, 0.3) is 5.82 Å². The van der Waals surface area contributed by atoms with Crippen LogP contribution in [0.4, 0.5) is 0 Å². The van der Waals surface area contributed by atoms with Gasteiger partial charge in [-0.1, -0.05) is 0 Å². The molecule has 0 amide bonds. The number of hydrogen-bond acceptors (Lipinski definition) is 3. The SMILES string of the molecule is [2H]c1nc([2H])n(-c2ccnc(Br)n2)c1[2H]. The third kappa shape index (κ3) is 1.35. The first-order chi connectivity index (χ1) is 7.09. The molecule has 2 rings (SSSR count). The van der Waals surface area contributed by atoms with E-state index in [2.05, 4.69) is 30.9 Å². The molecule has 2 aromatic rings. The van der Waals surface area contributed by atoms with Gasteiger partial charge in [-0.05, 0) is 22.0 Å². The number of nitrogens with zero attached hydrogens (tertiary/aromatic N) is 4. The van der Waals surface area contributed by atoms with Crippen LogP contribution >= 0.6 is 15.9 Å². The minimum atomic E-state index is -0.241. The predicted octanol–water partition coefficient (Wildman–Crippen LogP) is 1.42. The summed E-state index contributed by atoms with van der Waals surface area (Å²) in [5.74, 6) is 0.345. The van der Waals surface area contributed by atoms with Crippen molar-refractivity contribution in [3.05, 3.63) is 35.6 Å². The number of hydrogen-bond donors (Lipinski definition) is 0. The van der Waals surface area contributed by atoms with Gasteiger partial charge in [-0.3, -0.25) is 4.57 Å². The van der Waals surface area contributed by atoms with Gasteiger partial charge in [0.2, 0.25) is 0 Å². The second kappa shape index (κ2) is 3.02. The Balaban J connectivity index is 2.63. The standard InChI is InChI=1S/C7H5BrN4/c8-7-10-2-1-6(11-7)12-4-3-9-5-12/h1-5H/i3D,4D,5D. The van der Waals surface area contributed by atoms with Crippen molar-refractivity contribution in [2.45, 2.75) is 0 Å². The lowest BCUT2D eigenvalue weighted by Gasteiger charge is -1.98. The second-order valence-electron chi connectivity index (χ2n) is 1.95. The van der Waals surface area contributed by atoms with E-state index in [0.717, 1.165) is 4.57 Å². The van der Waals surface area contributed by atoms with Gasteiger partial charge in [0.05, 0.1) is 2.74 Å². The highest BCUT2D eigenvalue weighted by atomic mass is 79.9. The smallest absolute Gasteiger partial charge is 0.198 e. The summed E-state index contributed by atoms with van der Waals surface area (Å²) in [6, 6.07) is 1.54. The van der Waals surface area contributed by atoms with Gasteiger partial charge in [-0.15, -0.1) is 0 Å². The third-order valence-electron chi connectivity index (χ3n) is 1.21. The molecule has 0 N–H and O–H groups in total. The summed E-state index contributed by atoms with van der Waals surface area (Å²) in [5.41, 5.74) is 0. The molecule has 2 heterocycles. The van der Waals surface area contributed by atoms with Crippen molar-refractivity contribution >= 4 is 15.9 Å². The molecule has 0 saturated heterocycles. The zero-order valence-corrected chi connectivity index (χ0v) is 7.41. The van der Waals surface area contributed by atoms with E-state index in [4.69, 9.17) is 4.11 Å². The quantitative estimate of drug-likeness (QED) is 0.693. The molecule has 0 unspecified atom stereocenters. The molecule has 0 spiro atoms. The van der Waals surface area contributed by atoms with E-state index in [1.165, 1.54) is 6.20 Å². The van der Waals surface area contributed by atoms with Crippen molar-refractivity contribution in [3.63, 3.8) is 0 Å². The van der Waals surface area contributed by atoms with Gasteiger partial charge in [0, 0.05) is 18.5 Å². The molecule has 0 saturated carbocycles. The largest absolute Gasteiger partial charge is 0.290 e. The molecule has 0 bridgehead atoms. The van der Waals surface area contributed by atoms with Crippen molar-refractivity contribution in [3.8, 4) is 5.82 Å². The van der Waals surface area contributed by atoms with E-state index in [-0.39, 0.29) is 18.6 Å². The van der Waals surface area contributed by atoms with E-state index < -0.39 is 0 Å². The van der Waals surface area contributed by atoms with Crippen LogP contribution in [0.5, 0.6) is 0 Å². The fraction of sp³-hybridized carbons (Fsp3) is 0. The summed E-state index contributed by atoms with van der Waals surface area (Å²) in [6.45, 7) is 0. The van der Waals surface area contributed by atoms with Gasteiger partial charge in [0.15, 0.2) is 4.73 Å². The Labute approximate surface area is 81.6 Å². The van der Waals surface area contributed by atoms with Crippen molar-refractivity contribution < 1.29 is 4.11 Å². The molecular weight excluding hydrogens is 220 g/mol. The summed E-state index contributed by atoms with van der Waals surface area (Å²) >= 11 is 3.09. The zero-order chi connectivity index (χ0) is 11.0. The van der Waals surface area contributed by atoms with E-state index in [9.17, 15) is 0 Å². The lowest BCUT2D eigenvalue weighted by molar-refractivity contribution is 0.954. The second-order valence-corrected chi connectivity index (χ2v) is 2.66. The number of halogens is 1. The van der Waals surface area contributed by atoms with Crippen LogP contribution in [0.1, 0.15) is 4.11 Å². The average Bonchev–Trinajstić information content (AvgIpc) is 2.41. The van der Waals surface area contributed by atoms with E-state index in [1.807, 2.05) is 0 Å². The highest BCUT2D eigenvalue weighted by Gasteiger charge is 1.96. The molecule has 0 fully saturated rings. The Morgan fingerprint density at radius 3 is 3.17 bits per heavy atom. The maximum Gasteiger partial charge on any atom is 0.198 e. The van der Waals surface area contributed by atoms with Crippen LogP contribution in [0.2, 0.25) is 0 Å². The van der Waals surface area contributed by atoms with Gasteiger partial charge >= 0.3 is 0 Å². The normalized spacial score (nSPS) is 13.6. The van der Waals surface area contributed by atoms with Gasteiger partial charge in [-0.2, -0.15) is 0 Å². The summed E-state index contributed by atoms with van der Waals surface area (Å²) < 4.78 is 23.8. The molecule has 0 aliphatic carbocycles. The molecule has 4 nitrogen and oxygen atoms in total. The minimum absolute atomic E-state index is 0.161. The minimum Gasteiger partial charge on any atom is -0.290 e. The first kappa shape index (κ1) is 4.71. The van der Waals surface area contributed by atoms with Gasteiger partial charge in [0.25, 0.3) is 0 Å². The van der Waals surface area contributed by atoms with Gasteiger partial charge < -0.3 is 0 Å². The summed E-state index contributed by atoms with van der Waals surface area (Å²) in [7, 11) is 0. The average molecular weight is 228 g/mol. The van der Waals surface area contributed by atoms with Gasteiger partial charge in [-0.25, -0.2) is 15.0 Å². The van der Waals surface area contributed by atoms with Crippen LogP contribution in [0, 0.1) is 0 Å². The first-order valence-electron chi connectivity index (χ1n) is 4.61. The Kier molecular flexibility index (Phi) is 1.19. The first-order valence-corrected chi connectivity index (χ1v) is 3.90. The molecule has 0 aliphatic rings.